The summed E-state index contributed by atoms with van der Waals surface area (Å²) in [6.45, 7) is 3.38. The Morgan fingerprint density at radius 2 is 2.10 bits per heavy atom. The van der Waals surface area contributed by atoms with Gasteiger partial charge in [0.1, 0.15) is 5.82 Å². The molecule has 0 amide bonds. The van der Waals surface area contributed by atoms with Crippen molar-refractivity contribution in [3.05, 3.63) is 35.1 Å². The summed E-state index contributed by atoms with van der Waals surface area (Å²) in [4.78, 5) is 4.10. The summed E-state index contributed by atoms with van der Waals surface area (Å²) in [6.07, 6.45) is 4.75. The Balaban J connectivity index is 2.40. The van der Waals surface area contributed by atoms with Crippen LogP contribution in [0.5, 0.6) is 0 Å². The summed E-state index contributed by atoms with van der Waals surface area (Å²) in [5.74, 6) is 0.287. The molecule has 5 heteroatoms. The molecule has 0 spiro atoms. The molecule has 0 atom stereocenters. The van der Waals surface area contributed by atoms with Gasteiger partial charge in [-0.3, -0.25) is 4.99 Å². The molecule has 1 rings (SSSR count). The standard InChI is InChI=1S/C16H23FN4/c1-3-4-5-6-9-20-16(19-2)21-12-14-8-7-13(11-18)10-15(14)17/h7-8,10H,3-6,9,12H2,1-2H3,(H2,19,20,21). The Hall–Kier alpha value is -2.09. The Morgan fingerprint density at radius 3 is 2.71 bits per heavy atom. The van der Waals surface area contributed by atoms with E-state index in [0.717, 1.165) is 13.0 Å². The smallest absolute Gasteiger partial charge is 0.191 e. The van der Waals surface area contributed by atoms with Gasteiger partial charge in [0, 0.05) is 25.7 Å². The lowest BCUT2D eigenvalue weighted by Crippen LogP contribution is -2.37. The lowest BCUT2D eigenvalue weighted by Gasteiger charge is -2.12. The maximum Gasteiger partial charge on any atom is 0.191 e. The van der Waals surface area contributed by atoms with E-state index in [2.05, 4.69) is 22.5 Å². The second kappa shape index (κ2) is 9.76. The van der Waals surface area contributed by atoms with E-state index in [1.807, 2.05) is 6.07 Å². The van der Waals surface area contributed by atoms with Crippen LogP contribution >= 0.6 is 0 Å². The summed E-state index contributed by atoms with van der Waals surface area (Å²) >= 11 is 0. The maximum atomic E-state index is 13.7. The van der Waals surface area contributed by atoms with Crippen molar-refractivity contribution in [2.45, 2.75) is 39.2 Å². The second-order valence-corrected chi connectivity index (χ2v) is 4.83. The Morgan fingerprint density at radius 1 is 1.29 bits per heavy atom. The first kappa shape index (κ1) is 17.0. The molecule has 0 aliphatic rings. The molecule has 114 valence electrons. The van der Waals surface area contributed by atoms with Gasteiger partial charge in [-0.25, -0.2) is 4.39 Å². The number of nitriles is 1. The molecule has 1 aromatic rings. The van der Waals surface area contributed by atoms with E-state index in [1.54, 1.807) is 19.2 Å². The number of guanidine groups is 1. The molecular formula is C16H23FN4. The van der Waals surface area contributed by atoms with Gasteiger partial charge in [-0.15, -0.1) is 0 Å². The van der Waals surface area contributed by atoms with E-state index in [1.165, 1.54) is 25.3 Å². The zero-order chi connectivity index (χ0) is 15.5. The summed E-state index contributed by atoms with van der Waals surface area (Å²) in [5, 5.41) is 15.0. The van der Waals surface area contributed by atoms with Gasteiger partial charge in [0.2, 0.25) is 0 Å². The van der Waals surface area contributed by atoms with Crippen LogP contribution in [0, 0.1) is 17.1 Å². The van der Waals surface area contributed by atoms with E-state index in [-0.39, 0.29) is 5.82 Å². The average molecular weight is 290 g/mol. The molecule has 0 unspecified atom stereocenters. The fourth-order valence-electron chi connectivity index (χ4n) is 1.92. The molecule has 4 nitrogen and oxygen atoms in total. The van der Waals surface area contributed by atoms with Crippen molar-refractivity contribution in [1.82, 2.24) is 10.6 Å². The van der Waals surface area contributed by atoms with Gasteiger partial charge in [-0.1, -0.05) is 32.3 Å². The lowest BCUT2D eigenvalue weighted by atomic mass is 10.1. The summed E-state index contributed by atoms with van der Waals surface area (Å²) in [6, 6.07) is 6.40. The fraction of sp³-hybridized carbons (Fsp3) is 0.500. The van der Waals surface area contributed by atoms with Crippen molar-refractivity contribution < 1.29 is 4.39 Å². The van der Waals surface area contributed by atoms with Crippen LogP contribution in [0.1, 0.15) is 43.7 Å². The third-order valence-electron chi connectivity index (χ3n) is 3.17. The summed E-state index contributed by atoms with van der Waals surface area (Å²) in [7, 11) is 1.69. The van der Waals surface area contributed by atoms with Crippen molar-refractivity contribution >= 4 is 5.96 Å². The van der Waals surface area contributed by atoms with Crippen LogP contribution in [0.25, 0.3) is 0 Å². The number of rotatable bonds is 7. The number of hydrogen-bond acceptors (Lipinski definition) is 2. The topological polar surface area (TPSA) is 60.2 Å². The minimum absolute atomic E-state index is 0.328. The molecule has 0 saturated heterocycles. The molecule has 2 N–H and O–H groups in total. The highest BCUT2D eigenvalue weighted by Gasteiger charge is 2.04. The highest BCUT2D eigenvalue weighted by molar-refractivity contribution is 5.79. The Labute approximate surface area is 126 Å². The normalized spacial score (nSPS) is 11.0. The van der Waals surface area contributed by atoms with Crippen LogP contribution in [0.4, 0.5) is 4.39 Å². The second-order valence-electron chi connectivity index (χ2n) is 4.83. The minimum atomic E-state index is -0.375. The van der Waals surface area contributed by atoms with Gasteiger partial charge in [0.25, 0.3) is 0 Å². The van der Waals surface area contributed by atoms with E-state index >= 15 is 0 Å². The van der Waals surface area contributed by atoms with Crippen molar-refractivity contribution in [1.29, 1.82) is 5.26 Å². The van der Waals surface area contributed by atoms with Crippen LogP contribution in [0.3, 0.4) is 0 Å². The number of unbranched alkanes of at least 4 members (excludes halogenated alkanes) is 3. The maximum absolute atomic E-state index is 13.7. The third kappa shape index (κ3) is 6.26. The molecule has 0 saturated carbocycles. The molecule has 21 heavy (non-hydrogen) atoms. The minimum Gasteiger partial charge on any atom is -0.356 e. The summed E-state index contributed by atoms with van der Waals surface area (Å²) < 4.78 is 13.7. The number of halogens is 1. The molecular weight excluding hydrogens is 267 g/mol. The molecule has 0 fully saturated rings. The quantitative estimate of drug-likeness (QED) is 0.461. The first-order valence-electron chi connectivity index (χ1n) is 7.34. The van der Waals surface area contributed by atoms with E-state index in [0.29, 0.717) is 23.6 Å². The predicted octanol–water partition coefficient (Wildman–Crippen LogP) is 2.94. The molecule has 0 aliphatic heterocycles. The highest BCUT2D eigenvalue weighted by Crippen LogP contribution is 2.09. The third-order valence-corrected chi connectivity index (χ3v) is 3.17. The monoisotopic (exact) mass is 290 g/mol. The van der Waals surface area contributed by atoms with Crippen molar-refractivity contribution in [2.24, 2.45) is 4.99 Å². The van der Waals surface area contributed by atoms with Gasteiger partial charge < -0.3 is 10.6 Å². The Kier molecular flexibility index (Phi) is 7.88. The number of aliphatic imine (C=N–C) groups is 1. The van der Waals surface area contributed by atoms with E-state index in [9.17, 15) is 4.39 Å². The Bertz CT molecular complexity index is 505. The van der Waals surface area contributed by atoms with Crippen LogP contribution < -0.4 is 10.6 Å². The lowest BCUT2D eigenvalue weighted by molar-refractivity contribution is 0.603. The van der Waals surface area contributed by atoms with Gasteiger partial charge >= 0.3 is 0 Å². The van der Waals surface area contributed by atoms with Crippen molar-refractivity contribution in [3.63, 3.8) is 0 Å². The van der Waals surface area contributed by atoms with Gasteiger partial charge in [-0.2, -0.15) is 5.26 Å². The van der Waals surface area contributed by atoms with Gasteiger partial charge in [0.15, 0.2) is 5.96 Å². The van der Waals surface area contributed by atoms with Gasteiger partial charge in [0.05, 0.1) is 11.6 Å². The van der Waals surface area contributed by atoms with Crippen LogP contribution in [-0.2, 0) is 6.54 Å². The van der Waals surface area contributed by atoms with Crippen LogP contribution in [-0.4, -0.2) is 19.6 Å². The SMILES string of the molecule is CCCCCCNC(=NC)NCc1ccc(C#N)cc1F. The predicted molar refractivity (Wildman–Crippen MR) is 83.5 cm³/mol. The first-order valence-corrected chi connectivity index (χ1v) is 7.34. The zero-order valence-electron chi connectivity index (χ0n) is 12.7. The number of nitrogens with one attached hydrogen (secondary N) is 2. The molecule has 0 aromatic heterocycles. The molecule has 0 radical (unpaired) electrons. The van der Waals surface area contributed by atoms with Crippen molar-refractivity contribution in [2.75, 3.05) is 13.6 Å². The van der Waals surface area contributed by atoms with E-state index in [4.69, 9.17) is 5.26 Å². The first-order chi connectivity index (χ1) is 10.2. The molecule has 0 heterocycles. The number of hydrogen-bond donors (Lipinski definition) is 2. The van der Waals surface area contributed by atoms with Crippen LogP contribution in [0.2, 0.25) is 0 Å². The largest absolute Gasteiger partial charge is 0.356 e. The summed E-state index contributed by atoms with van der Waals surface area (Å²) in [5.41, 5.74) is 0.845. The van der Waals surface area contributed by atoms with E-state index < -0.39 is 0 Å². The zero-order valence-corrected chi connectivity index (χ0v) is 12.7. The van der Waals surface area contributed by atoms with Gasteiger partial charge in [-0.05, 0) is 18.6 Å². The average Bonchev–Trinajstić information content (AvgIpc) is 2.51. The van der Waals surface area contributed by atoms with Crippen molar-refractivity contribution in [3.8, 4) is 6.07 Å². The van der Waals surface area contributed by atoms with Crippen LogP contribution in [0.15, 0.2) is 23.2 Å². The molecule has 0 aliphatic carbocycles. The number of nitrogens with zero attached hydrogens (tertiary/aromatic N) is 2. The number of benzene rings is 1. The highest BCUT2D eigenvalue weighted by atomic mass is 19.1. The fourth-order valence-corrected chi connectivity index (χ4v) is 1.92. The molecule has 0 bridgehead atoms. The molecule has 1 aromatic carbocycles.